The standard InChI is InChI=1S/C23H29N3O4S/c1-3-24-15-9-16-25(4-2)23(24)22(31(27,28)29)14-17-26-18-10-5-7-12-20(18)30-21-13-8-6-11-19(21)26/h5-13,15,22-23H,3-4,14,16-17H2,1-2H3,(H,27,28,29). The molecule has 0 aromatic heterocycles. The van der Waals surface area contributed by atoms with Crippen molar-refractivity contribution in [2.24, 2.45) is 0 Å². The molecule has 4 rings (SSSR count). The van der Waals surface area contributed by atoms with Crippen LogP contribution >= 0.6 is 0 Å². The fourth-order valence-corrected chi connectivity index (χ4v) is 5.55. The van der Waals surface area contributed by atoms with Gasteiger partial charge in [-0.25, -0.2) is 0 Å². The van der Waals surface area contributed by atoms with Crippen LogP contribution in [0, 0.1) is 0 Å². The third-order valence-electron chi connectivity index (χ3n) is 6.01. The molecule has 2 aliphatic rings. The average Bonchev–Trinajstić information content (AvgIpc) is 2.77. The van der Waals surface area contributed by atoms with E-state index in [1.54, 1.807) is 0 Å². The van der Waals surface area contributed by atoms with Gasteiger partial charge in [-0.05, 0) is 50.4 Å². The molecule has 0 saturated carbocycles. The lowest BCUT2D eigenvalue weighted by Gasteiger charge is -2.44. The van der Waals surface area contributed by atoms with E-state index in [1.807, 2.05) is 79.6 Å². The molecule has 0 spiro atoms. The van der Waals surface area contributed by atoms with E-state index in [9.17, 15) is 13.0 Å². The second-order valence-electron chi connectivity index (χ2n) is 7.75. The highest BCUT2D eigenvalue weighted by molar-refractivity contribution is 7.86. The molecule has 7 nitrogen and oxygen atoms in total. The lowest BCUT2D eigenvalue weighted by atomic mass is 10.1. The lowest BCUT2D eigenvalue weighted by Crippen LogP contribution is -2.57. The zero-order chi connectivity index (χ0) is 22.0. The Labute approximate surface area is 184 Å². The maximum absolute atomic E-state index is 12.6. The molecule has 2 unspecified atom stereocenters. The summed E-state index contributed by atoms with van der Waals surface area (Å²) in [5.41, 5.74) is 1.78. The second kappa shape index (κ2) is 8.90. The highest BCUT2D eigenvalue weighted by Crippen LogP contribution is 2.46. The Morgan fingerprint density at radius 3 is 2.19 bits per heavy atom. The number of ether oxygens (including phenoxy) is 1. The Kier molecular flexibility index (Phi) is 6.22. The SMILES string of the molecule is CCN1C=CCN(CC)C1C(CCN1c2ccccc2Oc2ccccc21)S(=O)(=O)O. The van der Waals surface area contributed by atoms with Crippen molar-refractivity contribution in [3.8, 4) is 11.5 Å². The molecule has 2 aromatic rings. The van der Waals surface area contributed by atoms with Crippen LogP contribution in [0.2, 0.25) is 0 Å². The van der Waals surface area contributed by atoms with Crippen LogP contribution in [-0.2, 0) is 10.1 Å². The Morgan fingerprint density at radius 1 is 1.03 bits per heavy atom. The van der Waals surface area contributed by atoms with E-state index in [2.05, 4.69) is 9.80 Å². The van der Waals surface area contributed by atoms with E-state index in [4.69, 9.17) is 4.74 Å². The predicted molar refractivity (Wildman–Crippen MR) is 122 cm³/mol. The molecule has 2 aliphatic heterocycles. The summed E-state index contributed by atoms with van der Waals surface area (Å²) >= 11 is 0. The van der Waals surface area contributed by atoms with Gasteiger partial charge < -0.3 is 14.5 Å². The maximum atomic E-state index is 12.6. The van der Waals surface area contributed by atoms with Crippen LogP contribution in [0.15, 0.2) is 60.8 Å². The Bertz CT molecular complexity index is 1010. The second-order valence-corrected chi connectivity index (χ2v) is 9.38. The molecule has 31 heavy (non-hydrogen) atoms. The molecule has 2 atom stereocenters. The molecule has 166 valence electrons. The van der Waals surface area contributed by atoms with Crippen LogP contribution in [-0.4, -0.2) is 60.4 Å². The molecule has 0 saturated heterocycles. The Morgan fingerprint density at radius 2 is 1.65 bits per heavy atom. The predicted octanol–water partition coefficient (Wildman–Crippen LogP) is 4.07. The number of likely N-dealkylation sites (N-methyl/N-ethyl adjacent to an activating group) is 1. The van der Waals surface area contributed by atoms with E-state index < -0.39 is 21.5 Å². The van der Waals surface area contributed by atoms with Crippen molar-refractivity contribution in [3.63, 3.8) is 0 Å². The summed E-state index contributed by atoms with van der Waals surface area (Å²) in [6.07, 6.45) is 3.82. The average molecular weight is 444 g/mol. The minimum absolute atomic E-state index is 0.271. The van der Waals surface area contributed by atoms with E-state index in [0.717, 1.165) is 22.9 Å². The Hall–Kier alpha value is -2.55. The quantitative estimate of drug-likeness (QED) is 0.647. The zero-order valence-corrected chi connectivity index (χ0v) is 18.7. The van der Waals surface area contributed by atoms with Gasteiger partial charge in [-0.1, -0.05) is 37.3 Å². The van der Waals surface area contributed by atoms with Crippen molar-refractivity contribution in [1.29, 1.82) is 0 Å². The molecule has 1 N–H and O–H groups in total. The number of fused-ring (bicyclic) bond motifs is 2. The van der Waals surface area contributed by atoms with Crippen LogP contribution in [0.3, 0.4) is 0 Å². The highest BCUT2D eigenvalue weighted by Gasteiger charge is 2.40. The molecule has 0 amide bonds. The van der Waals surface area contributed by atoms with Crippen molar-refractivity contribution in [2.45, 2.75) is 31.7 Å². The monoisotopic (exact) mass is 443 g/mol. The van der Waals surface area contributed by atoms with Gasteiger partial charge in [0.05, 0.1) is 11.4 Å². The number of para-hydroxylation sites is 4. The molecule has 2 heterocycles. The number of nitrogens with zero attached hydrogens (tertiary/aromatic N) is 3. The molecule has 0 aliphatic carbocycles. The molecular formula is C23H29N3O4S. The number of hydrogen-bond donors (Lipinski definition) is 1. The van der Waals surface area contributed by atoms with Gasteiger partial charge in [-0.15, -0.1) is 0 Å². The summed E-state index contributed by atoms with van der Waals surface area (Å²) in [4.78, 5) is 6.16. The summed E-state index contributed by atoms with van der Waals surface area (Å²) in [5.74, 6) is 1.46. The number of anilines is 2. The third kappa shape index (κ3) is 4.28. The summed E-state index contributed by atoms with van der Waals surface area (Å²) in [5, 5.41) is -0.945. The maximum Gasteiger partial charge on any atom is 0.271 e. The van der Waals surface area contributed by atoms with Crippen LogP contribution < -0.4 is 9.64 Å². The fourth-order valence-electron chi connectivity index (χ4n) is 4.51. The van der Waals surface area contributed by atoms with E-state index in [0.29, 0.717) is 26.2 Å². The van der Waals surface area contributed by atoms with Gasteiger partial charge >= 0.3 is 0 Å². The first-order valence-electron chi connectivity index (χ1n) is 10.7. The van der Waals surface area contributed by atoms with Crippen LogP contribution in [0.1, 0.15) is 20.3 Å². The van der Waals surface area contributed by atoms with E-state index >= 15 is 0 Å². The smallest absolute Gasteiger partial charge is 0.271 e. The number of hydrogen-bond acceptors (Lipinski definition) is 6. The number of benzene rings is 2. The van der Waals surface area contributed by atoms with Crippen LogP contribution in [0.5, 0.6) is 11.5 Å². The van der Waals surface area contributed by atoms with Crippen molar-refractivity contribution in [2.75, 3.05) is 31.1 Å². The summed E-state index contributed by atoms with van der Waals surface area (Å²) in [6.45, 7) is 6.44. The van der Waals surface area contributed by atoms with Gasteiger partial charge in [-0.2, -0.15) is 8.42 Å². The van der Waals surface area contributed by atoms with Crippen molar-refractivity contribution < 1.29 is 17.7 Å². The van der Waals surface area contributed by atoms with Crippen molar-refractivity contribution in [3.05, 3.63) is 60.8 Å². The van der Waals surface area contributed by atoms with Crippen LogP contribution in [0.25, 0.3) is 0 Å². The summed E-state index contributed by atoms with van der Waals surface area (Å²) < 4.78 is 41.4. The molecule has 8 heteroatoms. The molecule has 2 aromatic carbocycles. The minimum atomic E-state index is -4.28. The van der Waals surface area contributed by atoms with Gasteiger partial charge in [0.15, 0.2) is 11.5 Å². The highest BCUT2D eigenvalue weighted by atomic mass is 32.2. The first-order valence-corrected chi connectivity index (χ1v) is 12.2. The van der Waals surface area contributed by atoms with E-state index in [-0.39, 0.29) is 6.42 Å². The minimum Gasteiger partial charge on any atom is -0.453 e. The topological polar surface area (TPSA) is 73.3 Å². The molecule has 0 fully saturated rings. The fraction of sp³-hybridized carbons (Fsp3) is 0.391. The van der Waals surface area contributed by atoms with Gasteiger partial charge in [0, 0.05) is 19.6 Å². The first kappa shape index (κ1) is 21.7. The van der Waals surface area contributed by atoms with Gasteiger partial charge in [0.1, 0.15) is 11.4 Å². The van der Waals surface area contributed by atoms with Crippen molar-refractivity contribution in [1.82, 2.24) is 9.80 Å². The summed E-state index contributed by atoms with van der Waals surface area (Å²) in [6, 6.07) is 15.4. The number of rotatable bonds is 7. The van der Waals surface area contributed by atoms with Gasteiger partial charge in [-0.3, -0.25) is 9.45 Å². The van der Waals surface area contributed by atoms with Gasteiger partial charge in [0.25, 0.3) is 10.1 Å². The lowest BCUT2D eigenvalue weighted by molar-refractivity contribution is 0.0734. The molecule has 0 radical (unpaired) electrons. The summed E-state index contributed by atoms with van der Waals surface area (Å²) in [7, 11) is -4.28. The Balaban J connectivity index is 1.67. The normalized spacial score (nSPS) is 19.5. The van der Waals surface area contributed by atoms with Gasteiger partial charge in [0.2, 0.25) is 0 Å². The largest absolute Gasteiger partial charge is 0.453 e. The molecular weight excluding hydrogens is 414 g/mol. The van der Waals surface area contributed by atoms with Crippen LogP contribution in [0.4, 0.5) is 11.4 Å². The zero-order valence-electron chi connectivity index (χ0n) is 17.9. The molecule has 0 bridgehead atoms. The third-order valence-corrected chi connectivity index (χ3v) is 7.25. The van der Waals surface area contributed by atoms with E-state index in [1.165, 1.54) is 0 Å². The van der Waals surface area contributed by atoms with Crippen molar-refractivity contribution >= 4 is 21.5 Å². The first-order chi connectivity index (χ1) is 14.9.